The second kappa shape index (κ2) is 6.06. The van der Waals surface area contributed by atoms with E-state index < -0.39 is 0 Å². The number of aldehydes is 1. The van der Waals surface area contributed by atoms with E-state index in [4.69, 9.17) is 0 Å². The highest BCUT2D eigenvalue weighted by Gasteiger charge is 2.33. The molecule has 19 heavy (non-hydrogen) atoms. The third-order valence-corrected chi connectivity index (χ3v) is 4.05. The molecule has 3 heteroatoms. The van der Waals surface area contributed by atoms with Gasteiger partial charge in [0.1, 0.15) is 6.29 Å². The van der Waals surface area contributed by atoms with Gasteiger partial charge in [0, 0.05) is 0 Å². The molecule has 0 saturated carbocycles. The van der Waals surface area contributed by atoms with Gasteiger partial charge in [-0.3, -0.25) is 0 Å². The number of hydrogen-bond acceptors (Lipinski definition) is 2. The van der Waals surface area contributed by atoms with Gasteiger partial charge < -0.3 is 10.1 Å². The van der Waals surface area contributed by atoms with Crippen molar-refractivity contribution in [1.29, 1.82) is 0 Å². The monoisotopic (exact) mass is 281 g/mol. The molecule has 2 nitrogen and oxygen atoms in total. The van der Waals surface area contributed by atoms with Gasteiger partial charge in [-0.25, -0.2) is 0 Å². The van der Waals surface area contributed by atoms with E-state index in [0.29, 0.717) is 0 Å². The Bertz CT molecular complexity index is 413. The molecule has 0 aromatic heterocycles. The molecule has 1 N–H and O–H groups in total. The number of nitrogens with one attached hydrogen (secondary N) is 1. The van der Waals surface area contributed by atoms with Crippen molar-refractivity contribution in [1.82, 2.24) is 5.32 Å². The normalized spacial score (nSPS) is 18.5. The van der Waals surface area contributed by atoms with Crippen LogP contribution in [-0.2, 0) is 15.6 Å². The van der Waals surface area contributed by atoms with Gasteiger partial charge in [-0.2, -0.15) is 0 Å². The van der Waals surface area contributed by atoms with E-state index in [2.05, 4.69) is 50.4 Å². The number of hydrogen-bond donors (Lipinski definition) is 1. The maximum absolute atomic E-state index is 11.5. The first-order chi connectivity index (χ1) is 8.48. The first-order valence-corrected chi connectivity index (χ1v) is 6.76. The Morgan fingerprint density at radius 2 is 1.63 bits per heavy atom. The summed E-state index contributed by atoms with van der Waals surface area (Å²) in [7, 11) is 0. The number of halogens is 1. The molecule has 1 heterocycles. The molecule has 106 valence electrons. The van der Waals surface area contributed by atoms with Crippen LogP contribution in [0.4, 0.5) is 0 Å². The van der Waals surface area contributed by atoms with Crippen LogP contribution in [0.25, 0.3) is 0 Å². The number of piperidine rings is 1. The lowest BCUT2D eigenvalue weighted by Gasteiger charge is -2.33. The van der Waals surface area contributed by atoms with Crippen molar-refractivity contribution >= 4 is 18.7 Å². The maximum atomic E-state index is 11.5. The van der Waals surface area contributed by atoms with Gasteiger partial charge in [0.2, 0.25) is 0 Å². The molecule has 1 aromatic carbocycles. The third-order valence-electron chi connectivity index (χ3n) is 4.05. The molecule has 0 bridgehead atoms. The Morgan fingerprint density at radius 3 is 2.05 bits per heavy atom. The summed E-state index contributed by atoms with van der Waals surface area (Å²) >= 11 is 0. The molecular weight excluding hydrogens is 258 g/mol. The van der Waals surface area contributed by atoms with Crippen LogP contribution in [-0.4, -0.2) is 19.4 Å². The smallest absolute Gasteiger partial charge is 0.130 e. The Labute approximate surface area is 122 Å². The van der Waals surface area contributed by atoms with E-state index >= 15 is 0 Å². The van der Waals surface area contributed by atoms with Crippen molar-refractivity contribution in [2.75, 3.05) is 13.1 Å². The SMILES string of the molecule is CC(C)(C)c1ccc(C2(C=O)CCNCC2)cc1.Cl. The number of rotatable bonds is 2. The van der Waals surface area contributed by atoms with Crippen molar-refractivity contribution < 1.29 is 4.79 Å². The van der Waals surface area contributed by atoms with Gasteiger partial charge in [0.15, 0.2) is 0 Å². The quantitative estimate of drug-likeness (QED) is 0.844. The molecule has 2 rings (SSSR count). The topological polar surface area (TPSA) is 29.1 Å². The molecule has 1 fully saturated rings. The number of carbonyl (C=O) groups excluding carboxylic acids is 1. The highest BCUT2D eigenvalue weighted by atomic mass is 35.5. The van der Waals surface area contributed by atoms with Crippen LogP contribution in [0.5, 0.6) is 0 Å². The first kappa shape index (κ1) is 16.2. The van der Waals surface area contributed by atoms with Gasteiger partial charge in [0.05, 0.1) is 5.41 Å². The van der Waals surface area contributed by atoms with Crippen molar-refractivity contribution in [2.45, 2.75) is 44.4 Å². The minimum atomic E-state index is -0.262. The van der Waals surface area contributed by atoms with Crippen molar-refractivity contribution in [2.24, 2.45) is 0 Å². The van der Waals surface area contributed by atoms with Gasteiger partial charge >= 0.3 is 0 Å². The summed E-state index contributed by atoms with van der Waals surface area (Å²) in [6, 6.07) is 8.62. The molecule has 0 spiro atoms. The Morgan fingerprint density at radius 1 is 1.11 bits per heavy atom. The average Bonchev–Trinajstić information content (AvgIpc) is 2.39. The minimum absolute atomic E-state index is 0. The summed E-state index contributed by atoms with van der Waals surface area (Å²) in [4.78, 5) is 11.5. The summed E-state index contributed by atoms with van der Waals surface area (Å²) < 4.78 is 0. The number of benzene rings is 1. The van der Waals surface area contributed by atoms with Crippen molar-refractivity contribution in [3.8, 4) is 0 Å². The summed E-state index contributed by atoms with van der Waals surface area (Å²) in [5.41, 5.74) is 2.40. The fourth-order valence-electron chi connectivity index (χ4n) is 2.65. The highest BCUT2D eigenvalue weighted by molar-refractivity contribution is 5.85. The minimum Gasteiger partial charge on any atom is -0.317 e. The van der Waals surface area contributed by atoms with Crippen molar-refractivity contribution in [3.05, 3.63) is 35.4 Å². The lowest BCUT2D eigenvalue weighted by Crippen LogP contribution is -2.41. The van der Waals surface area contributed by atoms with Crippen LogP contribution >= 0.6 is 12.4 Å². The van der Waals surface area contributed by atoms with Crippen LogP contribution < -0.4 is 5.32 Å². The van der Waals surface area contributed by atoms with Crippen LogP contribution in [0.15, 0.2) is 24.3 Å². The summed E-state index contributed by atoms with van der Waals surface area (Å²) in [6.45, 7) is 8.49. The fourth-order valence-corrected chi connectivity index (χ4v) is 2.65. The summed E-state index contributed by atoms with van der Waals surface area (Å²) in [5, 5.41) is 3.32. The molecule has 0 atom stereocenters. The second-order valence-corrected chi connectivity index (χ2v) is 6.35. The second-order valence-electron chi connectivity index (χ2n) is 6.35. The van der Waals surface area contributed by atoms with Crippen molar-refractivity contribution in [3.63, 3.8) is 0 Å². The molecule has 0 aliphatic carbocycles. The predicted octanol–water partition coefficient (Wildman–Crippen LogP) is 3.23. The largest absolute Gasteiger partial charge is 0.317 e. The molecule has 1 aromatic rings. The van der Waals surface area contributed by atoms with E-state index in [1.807, 2.05) is 0 Å². The van der Waals surface area contributed by atoms with Gasteiger partial charge in [-0.15, -0.1) is 12.4 Å². The van der Waals surface area contributed by atoms with Crippen LogP contribution in [0.1, 0.15) is 44.7 Å². The Hall–Kier alpha value is -0.860. The van der Waals surface area contributed by atoms with E-state index in [1.54, 1.807) is 0 Å². The Balaban J connectivity index is 0.00000180. The number of carbonyl (C=O) groups is 1. The first-order valence-electron chi connectivity index (χ1n) is 6.76. The van der Waals surface area contributed by atoms with Gasteiger partial charge in [0.25, 0.3) is 0 Å². The predicted molar refractivity (Wildman–Crippen MR) is 82.2 cm³/mol. The lowest BCUT2D eigenvalue weighted by atomic mass is 9.73. The zero-order valence-corrected chi connectivity index (χ0v) is 12.8. The van der Waals surface area contributed by atoms with Crippen LogP contribution in [0.3, 0.4) is 0 Å². The van der Waals surface area contributed by atoms with Gasteiger partial charge in [-0.1, -0.05) is 45.0 Å². The summed E-state index contributed by atoms with van der Waals surface area (Å²) in [6.07, 6.45) is 2.97. The molecule has 0 unspecified atom stereocenters. The standard InChI is InChI=1S/C16H23NO.ClH/c1-15(2,3)13-4-6-14(7-5-13)16(12-18)8-10-17-11-9-16;/h4-7,12,17H,8-11H2,1-3H3;1H. The molecule has 1 aliphatic heterocycles. The maximum Gasteiger partial charge on any atom is 0.130 e. The van der Waals surface area contributed by atoms with E-state index in [1.165, 1.54) is 11.1 Å². The zero-order chi connectivity index (χ0) is 13.2. The lowest BCUT2D eigenvalue weighted by molar-refractivity contribution is -0.113. The summed E-state index contributed by atoms with van der Waals surface area (Å²) in [5.74, 6) is 0. The molecule has 0 amide bonds. The average molecular weight is 282 g/mol. The Kier molecular flexibility index (Phi) is 5.17. The molecule has 0 radical (unpaired) electrons. The fraction of sp³-hybridized carbons (Fsp3) is 0.562. The van der Waals surface area contributed by atoms with E-state index in [0.717, 1.165) is 32.2 Å². The van der Waals surface area contributed by atoms with Gasteiger partial charge in [-0.05, 0) is 42.5 Å². The zero-order valence-electron chi connectivity index (χ0n) is 12.0. The molecule has 1 aliphatic rings. The van der Waals surface area contributed by atoms with Crippen LogP contribution in [0, 0.1) is 0 Å². The van der Waals surface area contributed by atoms with E-state index in [9.17, 15) is 4.79 Å². The van der Waals surface area contributed by atoms with E-state index in [-0.39, 0.29) is 23.2 Å². The van der Waals surface area contributed by atoms with Crippen LogP contribution in [0.2, 0.25) is 0 Å². The molecular formula is C16H24ClNO. The third kappa shape index (κ3) is 3.37. The highest BCUT2D eigenvalue weighted by Crippen LogP contribution is 2.33. The molecule has 1 saturated heterocycles.